The molecule has 0 amide bonds. The van der Waals surface area contributed by atoms with Crippen LogP contribution in [0.25, 0.3) is 0 Å². The van der Waals surface area contributed by atoms with Crippen molar-refractivity contribution in [3.8, 4) is 0 Å². The van der Waals surface area contributed by atoms with Gasteiger partial charge in [-0.05, 0) is 22.3 Å². The standard InChI is InChI=1S/C17H19N5/c18-17(19-21-9-13-5-1-2-6-14(13)10-21)20-22-11-15-7-3-4-8-16(15)12-22/h1-8H,9-12H2,(H3,18,19,20). The van der Waals surface area contributed by atoms with Gasteiger partial charge in [-0.25, -0.2) is 10.0 Å². The third kappa shape index (κ3) is 2.56. The highest BCUT2D eigenvalue weighted by molar-refractivity contribution is 5.75. The fourth-order valence-electron chi connectivity index (χ4n) is 3.17. The summed E-state index contributed by atoms with van der Waals surface area (Å²) in [6.45, 7) is 3.34. The third-order valence-corrected chi connectivity index (χ3v) is 4.22. The molecule has 0 unspecified atom stereocenters. The molecule has 2 aromatic rings. The number of fused-ring (bicyclic) bond motifs is 2. The van der Waals surface area contributed by atoms with Crippen molar-refractivity contribution in [2.24, 2.45) is 0 Å². The number of hydrogen-bond donors (Lipinski definition) is 3. The van der Waals surface area contributed by atoms with Gasteiger partial charge in [-0.3, -0.25) is 16.3 Å². The molecule has 4 rings (SSSR count). The van der Waals surface area contributed by atoms with E-state index in [1.54, 1.807) is 0 Å². The quantitative estimate of drug-likeness (QED) is 0.585. The van der Waals surface area contributed by atoms with Gasteiger partial charge in [-0.15, -0.1) is 0 Å². The van der Waals surface area contributed by atoms with E-state index in [9.17, 15) is 0 Å². The van der Waals surface area contributed by atoms with Crippen LogP contribution in [0.5, 0.6) is 0 Å². The van der Waals surface area contributed by atoms with Crippen LogP contribution in [0.3, 0.4) is 0 Å². The lowest BCUT2D eigenvalue weighted by Gasteiger charge is -2.23. The van der Waals surface area contributed by atoms with E-state index in [4.69, 9.17) is 5.41 Å². The molecule has 0 aliphatic carbocycles. The number of rotatable bonds is 2. The van der Waals surface area contributed by atoms with Crippen LogP contribution in [0.2, 0.25) is 0 Å². The van der Waals surface area contributed by atoms with Crippen molar-refractivity contribution in [1.82, 2.24) is 20.9 Å². The molecule has 112 valence electrons. The van der Waals surface area contributed by atoms with Gasteiger partial charge in [0.1, 0.15) is 0 Å². The van der Waals surface area contributed by atoms with Gasteiger partial charge >= 0.3 is 0 Å². The van der Waals surface area contributed by atoms with Crippen molar-refractivity contribution >= 4 is 5.96 Å². The number of hydrazine groups is 2. The van der Waals surface area contributed by atoms with Crippen molar-refractivity contribution in [3.05, 3.63) is 70.8 Å². The number of benzene rings is 2. The van der Waals surface area contributed by atoms with E-state index in [0.29, 0.717) is 5.96 Å². The second kappa shape index (κ2) is 5.44. The summed E-state index contributed by atoms with van der Waals surface area (Å²) >= 11 is 0. The van der Waals surface area contributed by atoms with Gasteiger partial charge in [-0.2, -0.15) is 0 Å². The average molecular weight is 293 g/mol. The van der Waals surface area contributed by atoms with E-state index in [0.717, 1.165) is 26.2 Å². The Bertz CT molecular complexity index is 602. The molecule has 0 spiro atoms. The largest absolute Gasteiger partial charge is 0.288 e. The Morgan fingerprint density at radius 2 is 1.00 bits per heavy atom. The third-order valence-electron chi connectivity index (χ3n) is 4.22. The highest BCUT2D eigenvalue weighted by Crippen LogP contribution is 2.21. The molecule has 5 nitrogen and oxygen atoms in total. The van der Waals surface area contributed by atoms with E-state index >= 15 is 0 Å². The molecule has 0 saturated carbocycles. The van der Waals surface area contributed by atoms with E-state index in [1.807, 2.05) is 0 Å². The molecule has 2 heterocycles. The SMILES string of the molecule is N=C(NN1Cc2ccccc2C1)NN1Cc2ccccc2C1. The first-order valence-electron chi connectivity index (χ1n) is 7.53. The molecular formula is C17H19N5. The second-order valence-electron chi connectivity index (χ2n) is 5.85. The molecule has 3 N–H and O–H groups in total. The Labute approximate surface area is 130 Å². The zero-order chi connectivity index (χ0) is 14.9. The lowest BCUT2D eigenvalue weighted by molar-refractivity contribution is 0.201. The average Bonchev–Trinajstić information content (AvgIpc) is 3.08. The van der Waals surface area contributed by atoms with Crippen LogP contribution >= 0.6 is 0 Å². The Balaban J connectivity index is 1.32. The zero-order valence-electron chi connectivity index (χ0n) is 12.3. The molecule has 0 bridgehead atoms. The molecule has 2 aromatic carbocycles. The monoisotopic (exact) mass is 293 g/mol. The first-order valence-corrected chi connectivity index (χ1v) is 7.53. The topological polar surface area (TPSA) is 54.4 Å². The summed E-state index contributed by atoms with van der Waals surface area (Å²) in [6.07, 6.45) is 0. The van der Waals surface area contributed by atoms with Crippen LogP contribution in [0.1, 0.15) is 22.3 Å². The summed E-state index contributed by atoms with van der Waals surface area (Å²) in [5.41, 5.74) is 11.6. The summed E-state index contributed by atoms with van der Waals surface area (Å²) in [5.74, 6) is 0.320. The molecule has 0 atom stereocenters. The molecular weight excluding hydrogens is 274 g/mol. The number of nitrogens with one attached hydrogen (secondary N) is 3. The van der Waals surface area contributed by atoms with Crippen molar-refractivity contribution < 1.29 is 0 Å². The van der Waals surface area contributed by atoms with Crippen LogP contribution in [-0.2, 0) is 26.2 Å². The van der Waals surface area contributed by atoms with E-state index < -0.39 is 0 Å². The van der Waals surface area contributed by atoms with Crippen molar-refractivity contribution in [2.75, 3.05) is 0 Å². The van der Waals surface area contributed by atoms with Gasteiger partial charge in [-0.1, -0.05) is 48.5 Å². The summed E-state index contributed by atoms with van der Waals surface area (Å²) < 4.78 is 0. The molecule has 0 aromatic heterocycles. The van der Waals surface area contributed by atoms with E-state index in [2.05, 4.69) is 69.4 Å². The fourth-order valence-corrected chi connectivity index (χ4v) is 3.17. The number of guanidine groups is 1. The van der Waals surface area contributed by atoms with Crippen LogP contribution in [-0.4, -0.2) is 16.0 Å². The maximum atomic E-state index is 8.13. The van der Waals surface area contributed by atoms with Crippen molar-refractivity contribution in [3.63, 3.8) is 0 Å². The van der Waals surface area contributed by atoms with Gasteiger partial charge < -0.3 is 0 Å². The minimum absolute atomic E-state index is 0.320. The van der Waals surface area contributed by atoms with Crippen LogP contribution < -0.4 is 10.9 Å². The highest BCUT2D eigenvalue weighted by atomic mass is 15.6. The fraction of sp³-hybridized carbons (Fsp3) is 0.235. The maximum absolute atomic E-state index is 8.13. The Kier molecular flexibility index (Phi) is 3.29. The van der Waals surface area contributed by atoms with Gasteiger partial charge in [0.05, 0.1) is 0 Å². The maximum Gasteiger partial charge on any atom is 0.218 e. The number of nitrogens with zero attached hydrogens (tertiary/aromatic N) is 2. The zero-order valence-corrected chi connectivity index (χ0v) is 12.3. The minimum Gasteiger partial charge on any atom is -0.288 e. The first kappa shape index (κ1) is 13.3. The lowest BCUT2D eigenvalue weighted by Crippen LogP contribution is -2.50. The van der Waals surface area contributed by atoms with Crippen LogP contribution in [0.4, 0.5) is 0 Å². The first-order chi connectivity index (χ1) is 10.8. The number of hydrogen-bond acceptors (Lipinski definition) is 3. The smallest absolute Gasteiger partial charge is 0.218 e. The second-order valence-corrected chi connectivity index (χ2v) is 5.85. The molecule has 0 radical (unpaired) electrons. The summed E-state index contributed by atoms with van der Waals surface area (Å²) in [5, 5.41) is 12.2. The summed E-state index contributed by atoms with van der Waals surface area (Å²) in [7, 11) is 0. The Morgan fingerprint density at radius 3 is 1.32 bits per heavy atom. The van der Waals surface area contributed by atoms with Gasteiger partial charge in [0, 0.05) is 26.2 Å². The predicted octanol–water partition coefficient (Wildman–Crippen LogP) is 1.96. The van der Waals surface area contributed by atoms with Gasteiger partial charge in [0.2, 0.25) is 5.96 Å². The minimum atomic E-state index is 0.320. The summed E-state index contributed by atoms with van der Waals surface area (Å²) in [4.78, 5) is 0. The van der Waals surface area contributed by atoms with Crippen molar-refractivity contribution in [2.45, 2.75) is 26.2 Å². The van der Waals surface area contributed by atoms with Gasteiger partial charge in [0.15, 0.2) is 0 Å². The Morgan fingerprint density at radius 1 is 0.682 bits per heavy atom. The lowest BCUT2D eigenvalue weighted by atomic mass is 10.1. The molecule has 5 heteroatoms. The molecule has 0 saturated heterocycles. The van der Waals surface area contributed by atoms with E-state index in [-0.39, 0.29) is 0 Å². The van der Waals surface area contributed by atoms with Crippen LogP contribution in [0.15, 0.2) is 48.5 Å². The Hall–Kier alpha value is -2.37. The van der Waals surface area contributed by atoms with Gasteiger partial charge in [0.25, 0.3) is 0 Å². The predicted molar refractivity (Wildman–Crippen MR) is 85.4 cm³/mol. The van der Waals surface area contributed by atoms with Crippen molar-refractivity contribution in [1.29, 1.82) is 5.41 Å². The molecule has 2 aliphatic heterocycles. The van der Waals surface area contributed by atoms with Crippen LogP contribution in [0, 0.1) is 5.41 Å². The molecule has 22 heavy (non-hydrogen) atoms. The molecule has 0 fully saturated rings. The normalized spacial score (nSPS) is 17.1. The van der Waals surface area contributed by atoms with E-state index in [1.165, 1.54) is 22.3 Å². The summed E-state index contributed by atoms with van der Waals surface area (Å²) in [6, 6.07) is 16.8. The molecule has 2 aliphatic rings. The highest BCUT2D eigenvalue weighted by Gasteiger charge is 2.21.